The summed E-state index contributed by atoms with van der Waals surface area (Å²) in [5.74, 6) is 2.20. The Hall–Kier alpha value is -2.63. The van der Waals surface area contributed by atoms with Gasteiger partial charge in [-0.05, 0) is 18.1 Å². The van der Waals surface area contributed by atoms with E-state index in [1.807, 2.05) is 12.1 Å². The van der Waals surface area contributed by atoms with Crippen LogP contribution in [-0.2, 0) is 0 Å². The largest absolute Gasteiger partial charge is 0.493 e. The van der Waals surface area contributed by atoms with Crippen molar-refractivity contribution in [2.75, 3.05) is 18.5 Å². The number of anilines is 1. The normalized spacial score (nSPS) is 17.2. The van der Waals surface area contributed by atoms with Crippen LogP contribution >= 0.6 is 0 Å². The molecule has 2 aromatic heterocycles. The highest BCUT2D eigenvalue weighted by atomic mass is 16.5. The molecule has 1 unspecified atom stereocenters. The highest BCUT2D eigenvalue weighted by molar-refractivity contribution is 5.81. The summed E-state index contributed by atoms with van der Waals surface area (Å²) in [4.78, 5) is 15.6. The molecule has 1 aromatic carbocycles. The van der Waals surface area contributed by atoms with Crippen molar-refractivity contribution < 1.29 is 4.74 Å². The predicted octanol–water partition coefficient (Wildman–Crippen LogP) is 2.33. The van der Waals surface area contributed by atoms with Gasteiger partial charge in [0, 0.05) is 12.5 Å². The minimum absolute atomic E-state index is 0.419. The van der Waals surface area contributed by atoms with E-state index in [-0.39, 0.29) is 0 Å². The number of benzene rings is 1. The molecule has 0 fully saturated rings. The van der Waals surface area contributed by atoms with Crippen molar-refractivity contribution in [3.05, 3.63) is 42.5 Å². The Balaban J connectivity index is 1.57. The average Bonchev–Trinajstić information content (AvgIpc) is 3.02. The van der Waals surface area contributed by atoms with Gasteiger partial charge >= 0.3 is 0 Å². The third-order valence-electron chi connectivity index (χ3n) is 3.82. The van der Waals surface area contributed by atoms with Gasteiger partial charge in [0.2, 0.25) is 0 Å². The molecule has 3 aromatic rings. The summed E-state index contributed by atoms with van der Waals surface area (Å²) in [6, 6.07) is 8.22. The number of imidazole rings is 1. The fourth-order valence-corrected chi connectivity index (χ4v) is 2.75. The second-order valence-electron chi connectivity index (χ2n) is 5.08. The van der Waals surface area contributed by atoms with E-state index in [1.54, 1.807) is 6.33 Å². The van der Waals surface area contributed by atoms with Crippen LogP contribution in [-0.4, -0.2) is 33.1 Å². The second kappa shape index (κ2) is 5.05. The smallest absolute Gasteiger partial charge is 0.182 e. The van der Waals surface area contributed by atoms with Crippen LogP contribution in [0.1, 0.15) is 17.9 Å². The number of aromatic amines is 1. The number of fused-ring (bicyclic) bond motifs is 2. The van der Waals surface area contributed by atoms with Crippen molar-refractivity contribution >= 4 is 17.0 Å². The van der Waals surface area contributed by atoms with Crippen LogP contribution in [0, 0.1) is 0 Å². The van der Waals surface area contributed by atoms with Gasteiger partial charge in [0.1, 0.15) is 17.6 Å². The topological polar surface area (TPSA) is 75.7 Å². The Morgan fingerprint density at radius 3 is 3.19 bits per heavy atom. The number of aromatic nitrogens is 4. The molecule has 0 saturated carbocycles. The first kappa shape index (κ1) is 12.1. The first-order valence-electron chi connectivity index (χ1n) is 7.01. The molecule has 0 radical (unpaired) electrons. The summed E-state index contributed by atoms with van der Waals surface area (Å²) in [6.07, 6.45) is 4.17. The maximum atomic E-state index is 5.69. The van der Waals surface area contributed by atoms with Crippen LogP contribution < -0.4 is 10.1 Å². The van der Waals surface area contributed by atoms with Gasteiger partial charge in [-0.15, -0.1) is 0 Å². The molecule has 0 bridgehead atoms. The molecule has 6 nitrogen and oxygen atoms in total. The fourth-order valence-electron chi connectivity index (χ4n) is 2.75. The lowest BCUT2D eigenvalue weighted by molar-refractivity contribution is 0.270. The number of nitrogens with zero attached hydrogens (tertiary/aromatic N) is 3. The molecule has 1 atom stereocenters. The molecular formula is C15H15N5O. The first-order chi connectivity index (χ1) is 10.4. The lowest BCUT2D eigenvalue weighted by Gasteiger charge is -2.26. The van der Waals surface area contributed by atoms with Crippen molar-refractivity contribution in [2.45, 2.75) is 12.3 Å². The second-order valence-corrected chi connectivity index (χ2v) is 5.08. The van der Waals surface area contributed by atoms with Gasteiger partial charge in [-0.25, -0.2) is 15.0 Å². The number of ether oxygens (including phenoxy) is 1. The molecule has 4 rings (SSSR count). The van der Waals surface area contributed by atoms with E-state index in [2.05, 4.69) is 37.4 Å². The van der Waals surface area contributed by atoms with Crippen LogP contribution in [0.25, 0.3) is 11.2 Å². The highest BCUT2D eigenvalue weighted by Gasteiger charge is 2.21. The van der Waals surface area contributed by atoms with Crippen LogP contribution in [0.2, 0.25) is 0 Å². The van der Waals surface area contributed by atoms with Crippen molar-refractivity contribution in [3.8, 4) is 5.75 Å². The van der Waals surface area contributed by atoms with Crippen molar-refractivity contribution in [1.82, 2.24) is 19.9 Å². The van der Waals surface area contributed by atoms with E-state index in [0.717, 1.165) is 36.7 Å². The Labute approximate surface area is 121 Å². The molecule has 6 heteroatoms. The summed E-state index contributed by atoms with van der Waals surface area (Å²) < 4.78 is 5.69. The number of H-pyrrole nitrogens is 1. The zero-order valence-electron chi connectivity index (χ0n) is 11.4. The Bertz CT molecular complexity index is 769. The Morgan fingerprint density at radius 1 is 1.24 bits per heavy atom. The number of hydrogen-bond donors (Lipinski definition) is 2. The molecule has 0 amide bonds. The summed E-state index contributed by atoms with van der Waals surface area (Å²) in [5, 5.41) is 3.41. The lowest BCUT2D eigenvalue weighted by Crippen LogP contribution is -2.21. The fraction of sp³-hybridized carbons (Fsp3) is 0.267. The van der Waals surface area contributed by atoms with Crippen LogP contribution in [0.4, 0.5) is 5.82 Å². The van der Waals surface area contributed by atoms with Crippen LogP contribution in [0.3, 0.4) is 0 Å². The molecule has 0 saturated heterocycles. The van der Waals surface area contributed by atoms with Gasteiger partial charge in [-0.1, -0.05) is 18.2 Å². The van der Waals surface area contributed by atoms with E-state index in [9.17, 15) is 0 Å². The minimum atomic E-state index is 0.419. The van der Waals surface area contributed by atoms with Crippen LogP contribution in [0.5, 0.6) is 5.75 Å². The Morgan fingerprint density at radius 2 is 2.19 bits per heavy atom. The van der Waals surface area contributed by atoms with E-state index in [0.29, 0.717) is 11.6 Å². The van der Waals surface area contributed by atoms with Crippen molar-refractivity contribution in [1.29, 1.82) is 0 Å². The maximum Gasteiger partial charge on any atom is 0.182 e. The van der Waals surface area contributed by atoms with E-state index < -0.39 is 0 Å². The standard InChI is InChI=1S/C15H15N5O/c1-2-4-12-11(3-1)10(5-6-21-12)7-16-14-13-15(18-8-17-13)20-9-19-14/h1-4,8-10H,5-7H2,(H2,16,17,18,19,20). The lowest BCUT2D eigenvalue weighted by atomic mass is 9.93. The first-order valence-corrected chi connectivity index (χ1v) is 7.01. The zero-order chi connectivity index (χ0) is 14.1. The highest BCUT2D eigenvalue weighted by Crippen LogP contribution is 2.33. The third kappa shape index (κ3) is 2.18. The van der Waals surface area contributed by atoms with Gasteiger partial charge in [0.15, 0.2) is 11.5 Å². The number of rotatable bonds is 3. The minimum Gasteiger partial charge on any atom is -0.493 e. The number of nitrogens with one attached hydrogen (secondary N) is 2. The molecular weight excluding hydrogens is 266 g/mol. The number of para-hydroxylation sites is 1. The van der Waals surface area contributed by atoms with Gasteiger partial charge in [-0.2, -0.15) is 0 Å². The Kier molecular flexibility index (Phi) is 2.92. The SMILES string of the molecule is c1ccc2c(c1)OCCC2CNc1ncnc2nc[nH]c12. The molecule has 3 heterocycles. The maximum absolute atomic E-state index is 5.69. The average molecular weight is 281 g/mol. The number of hydrogen-bond acceptors (Lipinski definition) is 5. The summed E-state index contributed by atoms with van der Waals surface area (Å²) in [6.45, 7) is 1.57. The summed E-state index contributed by atoms with van der Waals surface area (Å²) in [7, 11) is 0. The molecule has 1 aliphatic rings. The van der Waals surface area contributed by atoms with Crippen molar-refractivity contribution in [3.63, 3.8) is 0 Å². The summed E-state index contributed by atoms with van der Waals surface area (Å²) >= 11 is 0. The van der Waals surface area contributed by atoms with Gasteiger partial charge < -0.3 is 15.0 Å². The molecule has 2 N–H and O–H groups in total. The van der Waals surface area contributed by atoms with Crippen LogP contribution in [0.15, 0.2) is 36.9 Å². The van der Waals surface area contributed by atoms with E-state index in [4.69, 9.17) is 4.74 Å². The quantitative estimate of drug-likeness (QED) is 0.770. The third-order valence-corrected chi connectivity index (χ3v) is 3.82. The molecule has 1 aliphatic heterocycles. The van der Waals surface area contributed by atoms with E-state index >= 15 is 0 Å². The monoisotopic (exact) mass is 281 g/mol. The van der Waals surface area contributed by atoms with E-state index in [1.165, 1.54) is 11.9 Å². The molecule has 21 heavy (non-hydrogen) atoms. The van der Waals surface area contributed by atoms with Gasteiger partial charge in [-0.3, -0.25) is 0 Å². The molecule has 106 valence electrons. The zero-order valence-corrected chi connectivity index (χ0v) is 11.4. The van der Waals surface area contributed by atoms with Gasteiger partial charge in [0.05, 0.1) is 12.9 Å². The summed E-state index contributed by atoms with van der Waals surface area (Å²) in [5.41, 5.74) is 2.78. The molecule has 0 aliphatic carbocycles. The van der Waals surface area contributed by atoms with Crippen molar-refractivity contribution in [2.24, 2.45) is 0 Å². The van der Waals surface area contributed by atoms with Gasteiger partial charge in [0.25, 0.3) is 0 Å². The predicted molar refractivity (Wildman–Crippen MR) is 79.5 cm³/mol. The molecule has 0 spiro atoms.